The van der Waals surface area contributed by atoms with Crippen LogP contribution in [0.4, 0.5) is 10.7 Å². The molecule has 1 amide bonds. The molecule has 0 saturated heterocycles. The first-order valence-corrected chi connectivity index (χ1v) is 9.50. The summed E-state index contributed by atoms with van der Waals surface area (Å²) in [6.45, 7) is 1.23. The second-order valence-electron chi connectivity index (χ2n) is 6.16. The van der Waals surface area contributed by atoms with Gasteiger partial charge in [-0.3, -0.25) is 0 Å². The molecule has 7 nitrogen and oxygen atoms in total. The summed E-state index contributed by atoms with van der Waals surface area (Å²) in [5.41, 5.74) is 2.13. The Labute approximate surface area is 177 Å². The van der Waals surface area contributed by atoms with E-state index in [1.54, 1.807) is 29.2 Å². The van der Waals surface area contributed by atoms with Crippen LogP contribution in [-0.2, 0) is 11.3 Å². The summed E-state index contributed by atoms with van der Waals surface area (Å²) in [6, 6.07) is 8.69. The zero-order chi connectivity index (χ0) is 20.3. The van der Waals surface area contributed by atoms with E-state index < -0.39 is 6.09 Å². The van der Waals surface area contributed by atoms with Crippen molar-refractivity contribution in [1.29, 1.82) is 0 Å². The number of benzene rings is 1. The fourth-order valence-electron chi connectivity index (χ4n) is 2.70. The second kappa shape index (κ2) is 8.86. The van der Waals surface area contributed by atoms with Gasteiger partial charge in [0.2, 0.25) is 5.95 Å². The van der Waals surface area contributed by atoms with Crippen molar-refractivity contribution in [2.75, 3.05) is 32.1 Å². The van der Waals surface area contributed by atoms with E-state index in [2.05, 4.69) is 15.0 Å². The molecule has 148 valence electrons. The van der Waals surface area contributed by atoms with E-state index in [-0.39, 0.29) is 0 Å². The lowest BCUT2D eigenvalue weighted by Crippen LogP contribution is -2.37. The Kier molecular flexibility index (Phi) is 6.49. The lowest BCUT2D eigenvalue weighted by Gasteiger charge is -2.24. The summed E-state index contributed by atoms with van der Waals surface area (Å²) in [5.74, 6) is 0.625. The monoisotopic (exact) mass is 441 g/mol. The van der Waals surface area contributed by atoms with Gasteiger partial charge in [-0.25, -0.2) is 9.78 Å². The normalized spacial score (nSPS) is 10.9. The number of fused-ring (bicyclic) bond motifs is 1. The van der Waals surface area contributed by atoms with Crippen LogP contribution in [0, 0.1) is 0 Å². The molecule has 0 radical (unpaired) electrons. The summed E-state index contributed by atoms with van der Waals surface area (Å²) in [5, 5.41) is 1.40. The number of amides is 1. The number of anilines is 1. The predicted molar refractivity (Wildman–Crippen MR) is 111 cm³/mol. The Bertz CT molecular complexity index is 974. The maximum absolute atomic E-state index is 12.2. The number of methoxy groups -OCH3 is 1. The Morgan fingerprint density at radius 3 is 2.50 bits per heavy atom. The topological polar surface area (TPSA) is 74.3 Å². The van der Waals surface area contributed by atoms with Crippen molar-refractivity contribution in [3.05, 3.63) is 51.1 Å². The first-order valence-electron chi connectivity index (χ1n) is 8.37. The maximum atomic E-state index is 12.2. The molecule has 0 saturated carbocycles. The van der Waals surface area contributed by atoms with E-state index in [0.29, 0.717) is 46.4 Å². The van der Waals surface area contributed by atoms with E-state index in [9.17, 15) is 4.79 Å². The number of rotatable bonds is 6. The standard InChI is InChI=1S/C18H18Cl3N5O2/c1-25(17-22-14-3-4-15(21)23-16(14)24-17)5-6-26(18(27)28-2)10-11-7-12(19)9-13(20)8-11/h3-4,7-9H,5-6,10H2,1-2H3,(H,22,23,24). The molecule has 0 spiro atoms. The Morgan fingerprint density at radius 2 is 1.82 bits per heavy atom. The van der Waals surface area contributed by atoms with Crippen molar-refractivity contribution in [2.45, 2.75) is 6.54 Å². The third-order valence-electron chi connectivity index (χ3n) is 4.09. The second-order valence-corrected chi connectivity index (χ2v) is 7.42. The zero-order valence-electron chi connectivity index (χ0n) is 15.2. The van der Waals surface area contributed by atoms with Gasteiger partial charge < -0.3 is 19.5 Å². The van der Waals surface area contributed by atoms with Crippen LogP contribution in [0.15, 0.2) is 30.3 Å². The van der Waals surface area contributed by atoms with Gasteiger partial charge in [0.25, 0.3) is 0 Å². The number of ether oxygens (including phenoxy) is 1. The van der Waals surface area contributed by atoms with Gasteiger partial charge in [0, 0.05) is 36.7 Å². The molecule has 0 fully saturated rings. The lowest BCUT2D eigenvalue weighted by atomic mass is 10.2. The number of carbonyl (C=O) groups is 1. The van der Waals surface area contributed by atoms with Crippen LogP contribution in [0.2, 0.25) is 15.2 Å². The molecular formula is C18H18Cl3N5O2. The zero-order valence-corrected chi connectivity index (χ0v) is 17.5. The van der Waals surface area contributed by atoms with Gasteiger partial charge in [-0.05, 0) is 35.9 Å². The number of imidazole rings is 1. The molecule has 2 aromatic heterocycles. The van der Waals surface area contributed by atoms with Gasteiger partial charge in [0.1, 0.15) is 5.15 Å². The molecule has 0 atom stereocenters. The summed E-state index contributed by atoms with van der Waals surface area (Å²) < 4.78 is 4.90. The number of aromatic amines is 1. The molecule has 3 aromatic rings. The van der Waals surface area contributed by atoms with E-state index in [4.69, 9.17) is 39.5 Å². The largest absolute Gasteiger partial charge is 0.453 e. The van der Waals surface area contributed by atoms with Gasteiger partial charge in [0.05, 0.1) is 12.6 Å². The van der Waals surface area contributed by atoms with Crippen LogP contribution in [0.5, 0.6) is 0 Å². The van der Waals surface area contributed by atoms with Crippen LogP contribution < -0.4 is 4.90 Å². The van der Waals surface area contributed by atoms with Crippen LogP contribution in [-0.4, -0.2) is 53.2 Å². The lowest BCUT2D eigenvalue weighted by molar-refractivity contribution is 0.122. The first-order chi connectivity index (χ1) is 13.4. The minimum absolute atomic E-state index is 0.318. The fraction of sp³-hybridized carbons (Fsp3) is 0.278. The summed E-state index contributed by atoms with van der Waals surface area (Å²) >= 11 is 18.0. The quantitative estimate of drug-likeness (QED) is 0.564. The Hall–Kier alpha value is -2.22. The number of likely N-dealkylation sites (N-methyl/N-ethyl adjacent to an activating group) is 1. The number of nitrogens with one attached hydrogen (secondary N) is 1. The van der Waals surface area contributed by atoms with Crippen molar-refractivity contribution >= 4 is 58.0 Å². The Balaban J connectivity index is 1.70. The number of nitrogens with zero attached hydrogens (tertiary/aromatic N) is 4. The van der Waals surface area contributed by atoms with E-state index in [1.165, 1.54) is 7.11 Å². The Morgan fingerprint density at radius 1 is 1.11 bits per heavy atom. The van der Waals surface area contributed by atoms with Gasteiger partial charge in [-0.15, -0.1) is 0 Å². The molecule has 3 rings (SSSR count). The molecule has 0 aliphatic heterocycles. The molecule has 0 bridgehead atoms. The van der Waals surface area contributed by atoms with Gasteiger partial charge in [-0.2, -0.15) is 4.98 Å². The molecule has 1 aromatic carbocycles. The number of H-pyrrole nitrogens is 1. The average Bonchev–Trinajstić information content (AvgIpc) is 3.06. The number of hydrogen-bond acceptors (Lipinski definition) is 5. The van der Waals surface area contributed by atoms with Crippen molar-refractivity contribution < 1.29 is 9.53 Å². The highest BCUT2D eigenvalue weighted by Gasteiger charge is 2.17. The smallest absolute Gasteiger partial charge is 0.409 e. The number of hydrogen-bond donors (Lipinski definition) is 1. The van der Waals surface area contributed by atoms with E-state index >= 15 is 0 Å². The SMILES string of the molecule is COC(=O)N(CCN(C)c1nc2nc(Cl)ccc2[nH]1)Cc1cc(Cl)cc(Cl)c1. The molecule has 2 heterocycles. The highest BCUT2D eigenvalue weighted by atomic mass is 35.5. The third kappa shape index (κ3) is 4.98. The van der Waals surface area contributed by atoms with Crippen molar-refractivity contribution in [3.63, 3.8) is 0 Å². The van der Waals surface area contributed by atoms with Crippen LogP contribution in [0.3, 0.4) is 0 Å². The van der Waals surface area contributed by atoms with Gasteiger partial charge in [-0.1, -0.05) is 34.8 Å². The number of carbonyl (C=O) groups excluding carboxylic acids is 1. The molecule has 0 unspecified atom stereocenters. The average molecular weight is 443 g/mol. The molecule has 1 N–H and O–H groups in total. The molecule has 0 aliphatic carbocycles. The molecule has 28 heavy (non-hydrogen) atoms. The van der Waals surface area contributed by atoms with Crippen molar-refractivity contribution in [2.24, 2.45) is 0 Å². The van der Waals surface area contributed by atoms with Gasteiger partial charge in [0.15, 0.2) is 5.65 Å². The highest BCUT2D eigenvalue weighted by Crippen LogP contribution is 2.21. The first kappa shape index (κ1) is 20.5. The fourth-order valence-corrected chi connectivity index (χ4v) is 3.42. The minimum Gasteiger partial charge on any atom is -0.453 e. The van der Waals surface area contributed by atoms with Crippen molar-refractivity contribution in [1.82, 2.24) is 19.9 Å². The number of aromatic nitrogens is 3. The van der Waals surface area contributed by atoms with Crippen LogP contribution >= 0.6 is 34.8 Å². The van der Waals surface area contributed by atoms with E-state index in [0.717, 1.165) is 11.1 Å². The summed E-state index contributed by atoms with van der Waals surface area (Å²) in [4.78, 5) is 27.4. The summed E-state index contributed by atoms with van der Waals surface area (Å²) in [7, 11) is 3.21. The van der Waals surface area contributed by atoms with Crippen molar-refractivity contribution in [3.8, 4) is 0 Å². The molecule has 10 heteroatoms. The number of halogens is 3. The maximum Gasteiger partial charge on any atom is 0.409 e. The van der Waals surface area contributed by atoms with E-state index in [1.807, 2.05) is 18.0 Å². The number of pyridine rings is 1. The highest BCUT2D eigenvalue weighted by molar-refractivity contribution is 6.34. The van der Waals surface area contributed by atoms with Crippen LogP contribution in [0.25, 0.3) is 11.2 Å². The van der Waals surface area contributed by atoms with Crippen LogP contribution in [0.1, 0.15) is 5.56 Å². The molecular weight excluding hydrogens is 425 g/mol. The van der Waals surface area contributed by atoms with Gasteiger partial charge >= 0.3 is 6.09 Å². The molecule has 0 aliphatic rings. The minimum atomic E-state index is -0.442. The summed E-state index contributed by atoms with van der Waals surface area (Å²) in [6.07, 6.45) is -0.442. The predicted octanol–water partition coefficient (Wildman–Crippen LogP) is 4.62. The third-order valence-corrected chi connectivity index (χ3v) is 4.74.